The van der Waals surface area contributed by atoms with Gasteiger partial charge in [0.2, 0.25) is 0 Å². The van der Waals surface area contributed by atoms with Crippen LogP contribution in [0.3, 0.4) is 0 Å². The molecule has 2 nitrogen and oxygen atoms in total. The van der Waals surface area contributed by atoms with Crippen molar-refractivity contribution in [2.45, 2.75) is 26.0 Å². The van der Waals surface area contributed by atoms with Crippen LogP contribution in [0.1, 0.15) is 6.92 Å². The Hall–Kier alpha value is -1.46. The monoisotopic (exact) mass is 237 g/mol. The smallest absolute Gasteiger partial charge is 0.387 e. The van der Waals surface area contributed by atoms with E-state index in [0.717, 1.165) is 0 Å². The molecule has 0 aromatic heterocycles. The highest BCUT2D eigenvalue weighted by atomic mass is 19.3. The summed E-state index contributed by atoms with van der Waals surface area (Å²) in [6, 6.07) is 4.45. The molecule has 0 radical (unpaired) electrons. The molecule has 0 aliphatic carbocycles. The zero-order chi connectivity index (χ0) is 12.1. The van der Waals surface area contributed by atoms with Crippen LogP contribution in [0.25, 0.3) is 0 Å². The number of ether oxygens (including phenoxy) is 1. The SMILES string of the molecule is CC(Nc1cccc(OC(F)F)c1)C(F)F. The van der Waals surface area contributed by atoms with Crippen molar-refractivity contribution >= 4 is 5.69 Å². The fourth-order valence-corrected chi connectivity index (χ4v) is 1.09. The molecule has 0 bridgehead atoms. The van der Waals surface area contributed by atoms with Crippen molar-refractivity contribution in [2.75, 3.05) is 5.32 Å². The van der Waals surface area contributed by atoms with Crippen molar-refractivity contribution in [2.24, 2.45) is 0 Å². The van der Waals surface area contributed by atoms with Crippen molar-refractivity contribution in [3.8, 4) is 5.75 Å². The van der Waals surface area contributed by atoms with E-state index < -0.39 is 19.1 Å². The van der Waals surface area contributed by atoms with Gasteiger partial charge in [-0.15, -0.1) is 0 Å². The third-order valence-electron chi connectivity index (χ3n) is 1.83. The van der Waals surface area contributed by atoms with Gasteiger partial charge in [-0.25, -0.2) is 8.78 Å². The quantitative estimate of drug-likeness (QED) is 0.793. The van der Waals surface area contributed by atoms with Crippen LogP contribution >= 0.6 is 0 Å². The lowest BCUT2D eigenvalue weighted by Crippen LogP contribution is -2.23. The molecule has 1 atom stereocenters. The van der Waals surface area contributed by atoms with Gasteiger partial charge in [0.15, 0.2) is 0 Å². The van der Waals surface area contributed by atoms with Gasteiger partial charge in [-0.3, -0.25) is 0 Å². The van der Waals surface area contributed by atoms with Crippen LogP contribution in [-0.4, -0.2) is 19.1 Å². The van der Waals surface area contributed by atoms with E-state index in [0.29, 0.717) is 5.69 Å². The van der Waals surface area contributed by atoms with E-state index in [1.54, 1.807) is 0 Å². The maximum absolute atomic E-state index is 12.2. The molecule has 1 unspecified atom stereocenters. The average Bonchev–Trinajstić information content (AvgIpc) is 2.16. The van der Waals surface area contributed by atoms with Crippen molar-refractivity contribution in [3.63, 3.8) is 0 Å². The second-order valence-electron chi connectivity index (χ2n) is 3.17. The molecule has 6 heteroatoms. The van der Waals surface area contributed by atoms with Gasteiger partial charge >= 0.3 is 6.61 Å². The Morgan fingerprint density at radius 3 is 2.44 bits per heavy atom. The molecule has 90 valence electrons. The summed E-state index contributed by atoms with van der Waals surface area (Å²) < 4.78 is 52.3. The van der Waals surface area contributed by atoms with E-state index in [1.807, 2.05) is 0 Å². The van der Waals surface area contributed by atoms with Crippen molar-refractivity contribution in [1.29, 1.82) is 0 Å². The Morgan fingerprint density at radius 2 is 1.88 bits per heavy atom. The Balaban J connectivity index is 2.67. The first-order valence-electron chi connectivity index (χ1n) is 4.58. The number of rotatable bonds is 5. The highest BCUT2D eigenvalue weighted by molar-refractivity contribution is 5.48. The van der Waals surface area contributed by atoms with E-state index in [-0.39, 0.29) is 5.75 Å². The van der Waals surface area contributed by atoms with Gasteiger partial charge in [-0.1, -0.05) is 6.07 Å². The van der Waals surface area contributed by atoms with Crippen LogP contribution in [0.2, 0.25) is 0 Å². The average molecular weight is 237 g/mol. The summed E-state index contributed by atoms with van der Waals surface area (Å²) in [5.74, 6) is -0.0681. The minimum Gasteiger partial charge on any atom is -0.435 e. The zero-order valence-corrected chi connectivity index (χ0v) is 8.46. The Bertz CT molecular complexity index is 332. The number of alkyl halides is 4. The first kappa shape index (κ1) is 12.6. The minimum absolute atomic E-state index is 0.0681. The molecule has 0 heterocycles. The number of anilines is 1. The van der Waals surface area contributed by atoms with Crippen LogP contribution in [-0.2, 0) is 0 Å². The van der Waals surface area contributed by atoms with Crippen LogP contribution in [0.5, 0.6) is 5.75 Å². The third kappa shape index (κ3) is 3.96. The molecule has 1 aromatic rings. The highest BCUT2D eigenvalue weighted by Crippen LogP contribution is 2.20. The standard InChI is InChI=1S/C10H11F4NO/c1-6(9(11)12)15-7-3-2-4-8(5-7)16-10(13)14/h2-6,9-10,15H,1H3. The summed E-state index contributed by atoms with van der Waals surface area (Å²) in [7, 11) is 0. The van der Waals surface area contributed by atoms with Crippen molar-refractivity contribution in [1.82, 2.24) is 0 Å². The van der Waals surface area contributed by atoms with Crippen molar-refractivity contribution < 1.29 is 22.3 Å². The van der Waals surface area contributed by atoms with Crippen LogP contribution in [0.15, 0.2) is 24.3 Å². The predicted octanol–water partition coefficient (Wildman–Crippen LogP) is 3.35. The van der Waals surface area contributed by atoms with Gasteiger partial charge in [0.1, 0.15) is 5.75 Å². The molecular weight excluding hydrogens is 226 g/mol. The van der Waals surface area contributed by atoms with E-state index >= 15 is 0 Å². The summed E-state index contributed by atoms with van der Waals surface area (Å²) in [6.45, 7) is -1.63. The first-order chi connectivity index (χ1) is 7.49. The summed E-state index contributed by atoms with van der Waals surface area (Å²) in [5.41, 5.74) is 0.311. The maximum Gasteiger partial charge on any atom is 0.387 e. The lowest BCUT2D eigenvalue weighted by Gasteiger charge is -2.14. The van der Waals surface area contributed by atoms with E-state index in [9.17, 15) is 17.6 Å². The summed E-state index contributed by atoms with van der Waals surface area (Å²) in [4.78, 5) is 0. The van der Waals surface area contributed by atoms with Gasteiger partial charge in [0, 0.05) is 11.8 Å². The fraction of sp³-hybridized carbons (Fsp3) is 0.400. The topological polar surface area (TPSA) is 21.3 Å². The third-order valence-corrected chi connectivity index (χ3v) is 1.83. The molecule has 0 saturated carbocycles. The van der Waals surface area contributed by atoms with Crippen LogP contribution in [0, 0.1) is 0 Å². The van der Waals surface area contributed by atoms with E-state index in [1.165, 1.54) is 31.2 Å². The maximum atomic E-state index is 12.2. The second-order valence-corrected chi connectivity index (χ2v) is 3.17. The summed E-state index contributed by atoms with van der Waals surface area (Å²) >= 11 is 0. The molecule has 0 aliphatic heterocycles. The largest absolute Gasteiger partial charge is 0.435 e. The molecular formula is C10H11F4NO. The molecule has 1 rings (SSSR count). The fourth-order valence-electron chi connectivity index (χ4n) is 1.09. The Labute approximate surface area is 90.2 Å². The van der Waals surface area contributed by atoms with E-state index in [4.69, 9.17) is 0 Å². The Morgan fingerprint density at radius 1 is 1.19 bits per heavy atom. The van der Waals surface area contributed by atoms with Gasteiger partial charge in [0.05, 0.1) is 6.04 Å². The number of hydrogen-bond acceptors (Lipinski definition) is 2. The van der Waals surface area contributed by atoms with Crippen LogP contribution in [0.4, 0.5) is 23.2 Å². The molecule has 1 N–H and O–H groups in total. The molecule has 0 saturated heterocycles. The van der Waals surface area contributed by atoms with Gasteiger partial charge in [-0.2, -0.15) is 8.78 Å². The lowest BCUT2D eigenvalue weighted by molar-refractivity contribution is -0.0498. The molecule has 0 spiro atoms. The number of benzene rings is 1. The molecule has 0 amide bonds. The molecule has 0 aliphatic rings. The molecule has 0 fully saturated rings. The van der Waals surface area contributed by atoms with Crippen LogP contribution < -0.4 is 10.1 Å². The lowest BCUT2D eigenvalue weighted by atomic mass is 10.2. The normalized spacial score (nSPS) is 12.9. The summed E-state index contributed by atoms with van der Waals surface area (Å²) in [5, 5.41) is 2.48. The van der Waals surface area contributed by atoms with E-state index in [2.05, 4.69) is 10.1 Å². The van der Waals surface area contributed by atoms with Gasteiger partial charge < -0.3 is 10.1 Å². The highest BCUT2D eigenvalue weighted by Gasteiger charge is 2.14. The van der Waals surface area contributed by atoms with Gasteiger partial charge in [0.25, 0.3) is 6.43 Å². The number of nitrogens with one attached hydrogen (secondary N) is 1. The van der Waals surface area contributed by atoms with Crippen molar-refractivity contribution in [3.05, 3.63) is 24.3 Å². The first-order valence-corrected chi connectivity index (χ1v) is 4.58. The molecule has 1 aromatic carbocycles. The summed E-state index contributed by atoms with van der Waals surface area (Å²) in [6.07, 6.45) is -2.53. The Kier molecular flexibility index (Phi) is 4.39. The van der Waals surface area contributed by atoms with Gasteiger partial charge in [-0.05, 0) is 19.1 Å². The minimum atomic E-state index is -2.93. The molecule has 16 heavy (non-hydrogen) atoms. The number of hydrogen-bond donors (Lipinski definition) is 1. The number of halogens is 4. The predicted molar refractivity (Wildman–Crippen MR) is 52.2 cm³/mol. The zero-order valence-electron chi connectivity index (χ0n) is 8.46. The second kappa shape index (κ2) is 5.58.